The van der Waals surface area contributed by atoms with Crippen LogP contribution >= 0.6 is 12.4 Å². The SMILES string of the molecule is Cl.NC1=C(N)N(N)CN=C1. The summed E-state index contributed by atoms with van der Waals surface area (Å²) >= 11 is 0. The van der Waals surface area contributed by atoms with Crippen molar-refractivity contribution in [1.29, 1.82) is 0 Å². The minimum atomic E-state index is 0. The lowest BCUT2D eigenvalue weighted by Crippen LogP contribution is -2.39. The molecule has 0 amide bonds. The summed E-state index contributed by atoms with van der Waals surface area (Å²) in [5, 5.41) is 1.29. The van der Waals surface area contributed by atoms with Crippen molar-refractivity contribution < 1.29 is 0 Å². The van der Waals surface area contributed by atoms with Gasteiger partial charge in [-0.25, -0.2) is 5.84 Å². The van der Waals surface area contributed by atoms with Crippen molar-refractivity contribution in [3.63, 3.8) is 0 Å². The van der Waals surface area contributed by atoms with Crippen LogP contribution in [0.1, 0.15) is 0 Å². The molecule has 1 aliphatic heterocycles. The molecule has 5 nitrogen and oxygen atoms in total. The Hall–Kier alpha value is -0.940. The maximum absolute atomic E-state index is 5.39. The summed E-state index contributed by atoms with van der Waals surface area (Å²) in [7, 11) is 0. The van der Waals surface area contributed by atoms with Crippen LogP contribution < -0.4 is 17.3 Å². The van der Waals surface area contributed by atoms with E-state index in [1.54, 1.807) is 0 Å². The van der Waals surface area contributed by atoms with Crippen LogP contribution in [-0.2, 0) is 0 Å². The average Bonchev–Trinajstić information content (AvgIpc) is 1.83. The highest BCUT2D eigenvalue weighted by Crippen LogP contribution is 1.97. The van der Waals surface area contributed by atoms with E-state index in [2.05, 4.69) is 4.99 Å². The first-order chi connectivity index (χ1) is 4.22. The van der Waals surface area contributed by atoms with Crippen molar-refractivity contribution in [2.75, 3.05) is 6.67 Å². The van der Waals surface area contributed by atoms with Gasteiger partial charge in [0.25, 0.3) is 0 Å². The molecule has 1 aliphatic rings. The summed E-state index contributed by atoms with van der Waals surface area (Å²) in [5.74, 6) is 5.70. The molecule has 0 saturated heterocycles. The van der Waals surface area contributed by atoms with Gasteiger partial charge in [0.2, 0.25) is 0 Å². The molecule has 0 aliphatic carbocycles. The summed E-state index contributed by atoms with van der Waals surface area (Å²) in [5.41, 5.74) is 11.2. The van der Waals surface area contributed by atoms with Gasteiger partial charge in [0.1, 0.15) is 12.5 Å². The molecule has 0 aromatic heterocycles. The number of aliphatic imine (C=N–C) groups is 1. The number of allylic oxidation sites excluding steroid dienone is 1. The number of halogens is 1. The summed E-state index contributed by atoms with van der Waals surface area (Å²) in [6.07, 6.45) is 1.50. The molecule has 10 heavy (non-hydrogen) atoms. The van der Waals surface area contributed by atoms with E-state index in [-0.39, 0.29) is 12.4 Å². The van der Waals surface area contributed by atoms with Gasteiger partial charge in [-0.05, 0) is 0 Å². The zero-order valence-corrected chi connectivity index (χ0v) is 6.14. The van der Waals surface area contributed by atoms with Crippen molar-refractivity contribution in [3.05, 3.63) is 11.5 Å². The average molecular weight is 164 g/mol. The molecule has 0 atom stereocenters. The van der Waals surface area contributed by atoms with Crippen LogP contribution in [0.3, 0.4) is 0 Å². The summed E-state index contributed by atoms with van der Waals surface area (Å²) in [4.78, 5) is 3.80. The minimum Gasteiger partial charge on any atom is -0.395 e. The Morgan fingerprint density at radius 2 is 2.10 bits per heavy atom. The van der Waals surface area contributed by atoms with Crippen molar-refractivity contribution in [1.82, 2.24) is 5.01 Å². The normalized spacial score (nSPS) is 17.1. The second-order valence-electron chi connectivity index (χ2n) is 1.76. The number of rotatable bonds is 0. The van der Waals surface area contributed by atoms with E-state index >= 15 is 0 Å². The van der Waals surface area contributed by atoms with Gasteiger partial charge in [-0.1, -0.05) is 0 Å². The van der Waals surface area contributed by atoms with Gasteiger partial charge in [0.15, 0.2) is 0 Å². The van der Waals surface area contributed by atoms with Crippen LogP contribution in [-0.4, -0.2) is 17.9 Å². The van der Waals surface area contributed by atoms with E-state index in [1.165, 1.54) is 11.2 Å². The maximum atomic E-state index is 5.39. The first-order valence-corrected chi connectivity index (χ1v) is 2.49. The third kappa shape index (κ3) is 1.52. The van der Waals surface area contributed by atoms with Gasteiger partial charge in [-0.3, -0.25) is 10.0 Å². The van der Waals surface area contributed by atoms with Gasteiger partial charge >= 0.3 is 0 Å². The molecule has 0 aromatic rings. The van der Waals surface area contributed by atoms with Crippen molar-refractivity contribution in [2.24, 2.45) is 22.3 Å². The van der Waals surface area contributed by atoms with Crippen molar-refractivity contribution in [2.45, 2.75) is 0 Å². The molecule has 0 saturated carbocycles. The van der Waals surface area contributed by atoms with Gasteiger partial charge in [-0.2, -0.15) is 0 Å². The molecular weight excluding hydrogens is 154 g/mol. The molecule has 58 valence electrons. The van der Waals surface area contributed by atoms with Gasteiger partial charge in [0, 0.05) is 0 Å². The van der Waals surface area contributed by atoms with Crippen LogP contribution in [0.15, 0.2) is 16.5 Å². The predicted octanol–water partition coefficient (Wildman–Crippen LogP) is -1.29. The van der Waals surface area contributed by atoms with Crippen molar-refractivity contribution in [3.8, 4) is 0 Å². The second-order valence-corrected chi connectivity index (χ2v) is 1.76. The first kappa shape index (κ1) is 9.06. The highest BCUT2D eigenvalue weighted by molar-refractivity contribution is 5.85. The van der Waals surface area contributed by atoms with E-state index in [1.807, 2.05) is 0 Å². The number of hydrogen-bond donors (Lipinski definition) is 3. The topological polar surface area (TPSA) is 93.7 Å². The summed E-state index contributed by atoms with van der Waals surface area (Å²) in [6, 6.07) is 0. The molecule has 0 bridgehead atoms. The Morgan fingerprint density at radius 1 is 1.50 bits per heavy atom. The van der Waals surface area contributed by atoms with E-state index in [0.717, 1.165) is 0 Å². The Bertz CT molecular complexity index is 174. The number of nitrogens with two attached hydrogens (primary N) is 3. The third-order valence-electron chi connectivity index (χ3n) is 1.07. The molecule has 1 heterocycles. The molecule has 0 spiro atoms. The molecule has 0 radical (unpaired) electrons. The summed E-state index contributed by atoms with van der Waals surface area (Å²) in [6.45, 7) is 0.381. The lowest BCUT2D eigenvalue weighted by molar-refractivity contribution is 0.360. The Balaban J connectivity index is 0.000000810. The summed E-state index contributed by atoms with van der Waals surface area (Å²) < 4.78 is 0. The molecule has 0 unspecified atom stereocenters. The highest BCUT2D eigenvalue weighted by Gasteiger charge is 2.06. The van der Waals surface area contributed by atoms with Crippen LogP contribution in [0.5, 0.6) is 0 Å². The van der Waals surface area contributed by atoms with Crippen LogP contribution in [0.2, 0.25) is 0 Å². The molecule has 1 rings (SSSR count). The fourth-order valence-corrected chi connectivity index (χ4v) is 0.535. The Labute approximate surface area is 64.9 Å². The minimum absolute atomic E-state index is 0. The fourth-order valence-electron chi connectivity index (χ4n) is 0.535. The highest BCUT2D eigenvalue weighted by atomic mass is 35.5. The Morgan fingerprint density at radius 3 is 2.50 bits per heavy atom. The third-order valence-corrected chi connectivity index (χ3v) is 1.07. The monoisotopic (exact) mass is 163 g/mol. The molecule has 6 N–H and O–H groups in total. The van der Waals surface area contributed by atoms with Crippen LogP contribution in [0.25, 0.3) is 0 Å². The molecule has 0 aromatic carbocycles. The number of nitrogens with zero attached hydrogens (tertiary/aromatic N) is 2. The zero-order chi connectivity index (χ0) is 6.85. The van der Waals surface area contributed by atoms with E-state index in [9.17, 15) is 0 Å². The fraction of sp³-hybridized carbons (Fsp3) is 0.250. The van der Waals surface area contributed by atoms with E-state index in [0.29, 0.717) is 18.2 Å². The molecule has 6 heteroatoms. The number of hydrazine groups is 1. The van der Waals surface area contributed by atoms with Gasteiger partial charge < -0.3 is 11.5 Å². The maximum Gasteiger partial charge on any atom is 0.140 e. The molecular formula is C4H10ClN5. The quantitative estimate of drug-likeness (QED) is 0.388. The van der Waals surface area contributed by atoms with E-state index in [4.69, 9.17) is 17.3 Å². The van der Waals surface area contributed by atoms with E-state index < -0.39 is 0 Å². The molecule has 0 fully saturated rings. The second kappa shape index (κ2) is 3.28. The number of hydrogen-bond acceptors (Lipinski definition) is 5. The van der Waals surface area contributed by atoms with Gasteiger partial charge in [0.05, 0.1) is 11.9 Å². The predicted molar refractivity (Wildman–Crippen MR) is 42.0 cm³/mol. The first-order valence-electron chi connectivity index (χ1n) is 2.49. The Kier molecular flexibility index (Phi) is 2.98. The van der Waals surface area contributed by atoms with Gasteiger partial charge in [-0.15, -0.1) is 12.4 Å². The van der Waals surface area contributed by atoms with Crippen LogP contribution in [0.4, 0.5) is 0 Å². The largest absolute Gasteiger partial charge is 0.395 e. The zero-order valence-electron chi connectivity index (χ0n) is 5.32. The lowest BCUT2D eigenvalue weighted by atomic mass is 10.4. The smallest absolute Gasteiger partial charge is 0.140 e. The lowest BCUT2D eigenvalue weighted by Gasteiger charge is -2.19. The standard InChI is InChI=1S/C4H9N5.ClH/c5-3-1-8-2-9(7)4(3)6;/h1H,2,5-7H2;1H. The van der Waals surface area contributed by atoms with Crippen LogP contribution in [0, 0.1) is 0 Å². The van der Waals surface area contributed by atoms with Crippen molar-refractivity contribution >= 4 is 18.6 Å².